The van der Waals surface area contributed by atoms with E-state index in [1.54, 1.807) is 29.4 Å². The number of hydrogen-bond acceptors (Lipinski definition) is 12. The van der Waals surface area contributed by atoms with Crippen molar-refractivity contribution < 1.29 is 57.4 Å². The summed E-state index contributed by atoms with van der Waals surface area (Å²) in [6.07, 6.45) is 40.3. The van der Waals surface area contributed by atoms with Crippen LogP contribution in [-0.4, -0.2) is 123 Å². The molecule has 9 aliphatic heterocycles. The lowest BCUT2D eigenvalue weighted by atomic mass is 9.78. The van der Waals surface area contributed by atoms with Gasteiger partial charge in [0.25, 0.3) is 0 Å². The van der Waals surface area contributed by atoms with Gasteiger partial charge in [-0.2, -0.15) is 0 Å². The number of nitrogens with zero attached hydrogens (tertiary/aromatic N) is 6. The fraction of sp³-hybridized carbons (Fsp3) is 0.564. The fourth-order valence-electron chi connectivity index (χ4n) is 25.1. The summed E-state index contributed by atoms with van der Waals surface area (Å²) in [5.41, 5.74) is 6.13. The molecule has 0 spiro atoms. The minimum absolute atomic E-state index is 0.121. The maximum absolute atomic E-state index is 15.8. The first kappa shape index (κ1) is 102. The van der Waals surface area contributed by atoms with Crippen molar-refractivity contribution in [2.24, 2.45) is 17.8 Å². The molecular weight excluding hydrogens is 1770 g/mol. The van der Waals surface area contributed by atoms with Crippen molar-refractivity contribution in [1.29, 1.82) is 0 Å². The molecule has 7 aromatic carbocycles. The Balaban J connectivity index is 0.724. The van der Waals surface area contributed by atoms with E-state index in [1.165, 1.54) is 57.8 Å². The van der Waals surface area contributed by atoms with E-state index in [2.05, 4.69) is 146 Å². The van der Waals surface area contributed by atoms with Crippen molar-refractivity contribution in [3.63, 3.8) is 0 Å². The minimum atomic E-state index is -1.48. The van der Waals surface area contributed by atoms with Crippen molar-refractivity contribution in [2.75, 3.05) is 39.3 Å². The number of ether oxygens (including phenoxy) is 3. The quantitative estimate of drug-likeness (QED) is 0.0118. The topological polar surface area (TPSA) is 273 Å². The molecule has 0 unspecified atom stereocenters. The number of amides is 12. The van der Waals surface area contributed by atoms with Crippen LogP contribution in [-0.2, 0) is 140 Å². The maximum Gasteiger partial charge on any atom is 0.321 e. The lowest BCUT2D eigenvalue weighted by molar-refractivity contribution is -0.158. The van der Waals surface area contributed by atoms with E-state index in [9.17, 15) is 0 Å². The third kappa shape index (κ3) is 19.6. The second kappa shape index (κ2) is 45.9. The standard InChI is InChI=1S/C117H156N12O12/c1-10-19-25-31-37-43-82-49-61-91(62-50-82)112-115(94-67-55-85(56-68-94)46-40-34-28-22-13-4)124(106(133)118-112)73-88(74-125(115)107(134)119-112)103(130)139-79-100-97(16-7)101(80-140-104(131)89-75-126-108(135)120-113(92-63-51-83(52-64-92)44-38-32-26-20-11-2)116(126,127(76-89)109(136)121-113)95-69-57-86(58-70-95)47-41-35-29-23-14-5)99(18-9)102(98(100)17-8)81-141-105(132)90-77-128-110(137)122-114(93-65-53-84(54-66-93)45-39-33-27-21-12-3)117(128,129(78-90)111(138)123-114)96-71-59-87(60-72-96)48-42-36-30-24-15-6/h49-72,88-90H,10-48,73-81H2,1-9H3,(H,118,133)(H,119,134)(H,120,135)(H,121,136)(H,122,137)(H,123,138). The number of carbonyl (C=O) groups excluding carboxylic acids is 9. The maximum atomic E-state index is 15.8. The number of hydrogen-bond donors (Lipinski definition) is 6. The van der Waals surface area contributed by atoms with Gasteiger partial charge in [0.1, 0.15) is 19.8 Å². The summed E-state index contributed by atoms with van der Waals surface area (Å²) in [4.78, 5) is 150. The van der Waals surface area contributed by atoms with Gasteiger partial charge in [-0.15, -0.1) is 0 Å². The zero-order valence-electron chi connectivity index (χ0n) is 85.6. The highest BCUT2D eigenvalue weighted by Crippen LogP contribution is 2.60. The first-order chi connectivity index (χ1) is 68.7. The predicted octanol–water partition coefficient (Wildman–Crippen LogP) is 22.7. The molecule has 9 saturated heterocycles. The van der Waals surface area contributed by atoms with Crippen molar-refractivity contribution in [1.82, 2.24) is 61.3 Å². The van der Waals surface area contributed by atoms with Crippen molar-refractivity contribution >= 4 is 54.1 Å². The van der Waals surface area contributed by atoms with E-state index < -0.39 is 106 Å². The van der Waals surface area contributed by atoms with Crippen molar-refractivity contribution in [2.45, 2.75) is 367 Å². The Morgan fingerprint density at radius 1 is 0.234 bits per heavy atom. The molecule has 0 bridgehead atoms. The molecule has 9 heterocycles. The zero-order valence-corrected chi connectivity index (χ0v) is 85.6. The number of benzene rings is 7. The summed E-state index contributed by atoms with van der Waals surface area (Å²) >= 11 is 0. The Morgan fingerprint density at radius 2 is 0.397 bits per heavy atom. The molecule has 0 saturated carbocycles. The van der Waals surface area contributed by atoms with Gasteiger partial charge in [0, 0.05) is 72.6 Å². The Labute approximate surface area is 837 Å². The average Bonchev–Trinajstić information content (AvgIpc) is 1.50. The van der Waals surface area contributed by atoms with Crippen LogP contribution in [0.4, 0.5) is 28.8 Å². The van der Waals surface area contributed by atoms with Crippen LogP contribution in [0.15, 0.2) is 146 Å². The molecule has 756 valence electrons. The average molecular weight is 1920 g/mol. The SMILES string of the molecule is CCCCCCCc1ccc(C23NC(=O)N4CC(C(=O)OCc5c(CC)c(COC(=O)C6CN7C(=O)NC8(c9ccc(CCCCCCC)cc9)NC(=O)N(C6)C78c6ccc(CCCCCCC)cc6)c(CC)c(COC(=O)C6CN7C(=O)NC8(c9ccc(CCCCCCC)cc9)NC(=O)N(C6)C78c6ccc(CCCCCCC)cc6)c5CC)CN(C(=O)N2)C43c2ccc(CCCCCCC)cc2)cc1. The predicted molar refractivity (Wildman–Crippen MR) is 549 cm³/mol. The fourth-order valence-corrected chi connectivity index (χ4v) is 25.1. The highest BCUT2D eigenvalue weighted by molar-refractivity contribution is 5.94. The van der Waals surface area contributed by atoms with Crippen molar-refractivity contribution in [3.8, 4) is 0 Å². The molecule has 0 atom stereocenters. The van der Waals surface area contributed by atoms with Gasteiger partial charge >= 0.3 is 54.1 Å². The number of urea groups is 6. The second-order valence-electron chi connectivity index (χ2n) is 41.5. The molecule has 141 heavy (non-hydrogen) atoms. The highest BCUT2D eigenvalue weighted by Gasteiger charge is 2.79. The van der Waals surface area contributed by atoms with Crippen LogP contribution in [0.1, 0.15) is 355 Å². The van der Waals surface area contributed by atoms with Gasteiger partial charge < -0.3 is 46.1 Å². The Kier molecular flexibility index (Phi) is 33.3. The molecule has 9 fully saturated rings. The Hall–Kier alpha value is -11.4. The molecule has 24 heteroatoms. The van der Waals surface area contributed by atoms with Crippen LogP contribution in [0.3, 0.4) is 0 Å². The van der Waals surface area contributed by atoms with Gasteiger partial charge in [0.15, 0.2) is 34.0 Å². The summed E-state index contributed by atoms with van der Waals surface area (Å²) in [6.45, 7) is 17.5. The number of aryl methyl sites for hydroxylation is 6. The first-order valence-electron chi connectivity index (χ1n) is 54.5. The van der Waals surface area contributed by atoms with E-state index in [0.29, 0.717) is 69.3 Å². The molecule has 24 nitrogen and oxygen atoms in total. The summed E-state index contributed by atoms with van der Waals surface area (Å²) in [7, 11) is 0. The number of carbonyl (C=O) groups is 9. The third-order valence-corrected chi connectivity index (χ3v) is 32.5. The number of esters is 3. The van der Waals surface area contributed by atoms with Gasteiger partial charge in [-0.05, 0) is 163 Å². The minimum Gasteiger partial charge on any atom is -0.460 e. The highest BCUT2D eigenvalue weighted by atomic mass is 16.5. The Morgan fingerprint density at radius 3 is 0.560 bits per heavy atom. The lowest BCUT2D eigenvalue weighted by Crippen LogP contribution is -2.67. The van der Waals surface area contributed by atoms with Gasteiger partial charge in [-0.25, -0.2) is 28.8 Å². The van der Waals surface area contributed by atoms with Crippen LogP contribution in [0.5, 0.6) is 0 Å². The summed E-state index contributed by atoms with van der Waals surface area (Å²) in [6, 6.07) is 46.6. The van der Waals surface area contributed by atoms with Crippen LogP contribution >= 0.6 is 0 Å². The molecule has 9 aliphatic rings. The number of unbranched alkanes of at least 4 members (excludes halogenated alkanes) is 24. The van der Waals surface area contributed by atoms with Crippen LogP contribution < -0.4 is 31.9 Å². The first-order valence-corrected chi connectivity index (χ1v) is 54.5. The lowest BCUT2D eigenvalue weighted by Gasteiger charge is -2.51. The molecule has 0 aromatic heterocycles. The van der Waals surface area contributed by atoms with Crippen LogP contribution in [0.25, 0.3) is 0 Å². The normalized spacial score (nSPS) is 23.3. The van der Waals surface area contributed by atoms with Gasteiger partial charge in [-0.1, -0.05) is 362 Å². The Bertz CT molecular complexity index is 4890. The zero-order chi connectivity index (χ0) is 99.1. The summed E-state index contributed by atoms with van der Waals surface area (Å²) in [5, 5.41) is 19.9. The largest absolute Gasteiger partial charge is 0.460 e. The molecule has 7 aromatic rings. The molecule has 16 rings (SSSR count). The molecule has 0 aliphatic carbocycles. The molecule has 0 radical (unpaired) electrons. The monoisotopic (exact) mass is 1920 g/mol. The van der Waals surface area contributed by atoms with Gasteiger partial charge in [0.2, 0.25) is 0 Å². The van der Waals surface area contributed by atoms with E-state index in [-0.39, 0.29) is 59.1 Å². The number of rotatable bonds is 54. The molecule has 12 amide bonds. The van der Waals surface area contributed by atoms with Crippen LogP contribution in [0.2, 0.25) is 0 Å². The third-order valence-electron chi connectivity index (χ3n) is 32.5. The number of nitrogens with one attached hydrogen (secondary N) is 6. The second-order valence-corrected chi connectivity index (χ2v) is 41.5. The van der Waals surface area contributed by atoms with E-state index in [4.69, 9.17) is 14.2 Å². The smallest absolute Gasteiger partial charge is 0.321 e. The van der Waals surface area contributed by atoms with E-state index >= 15 is 43.2 Å². The summed E-state index contributed by atoms with van der Waals surface area (Å²) < 4.78 is 20.2. The van der Waals surface area contributed by atoms with Gasteiger partial charge in [-0.3, -0.25) is 43.8 Å². The van der Waals surface area contributed by atoms with E-state index in [0.717, 1.165) is 223 Å². The van der Waals surface area contributed by atoms with Crippen LogP contribution in [0, 0.1) is 17.8 Å². The van der Waals surface area contributed by atoms with E-state index in [1.807, 2.05) is 93.6 Å². The summed E-state index contributed by atoms with van der Waals surface area (Å²) in [5.74, 6) is -5.17. The van der Waals surface area contributed by atoms with Gasteiger partial charge in [0.05, 0.1) is 17.8 Å². The molecule has 6 N–H and O–H groups in total. The van der Waals surface area contributed by atoms with Crippen molar-refractivity contribution in [3.05, 3.63) is 246 Å². The molecular formula is C117H156N12O12.